The van der Waals surface area contributed by atoms with E-state index in [0.29, 0.717) is 0 Å². The lowest BCUT2D eigenvalue weighted by Crippen LogP contribution is -2.36. The summed E-state index contributed by atoms with van der Waals surface area (Å²) in [6.07, 6.45) is 2.40. The number of aliphatic imine (C=N–C) groups is 1. The highest BCUT2D eigenvalue weighted by Gasteiger charge is 2.14. The predicted octanol–water partition coefficient (Wildman–Crippen LogP) is 2.90. The average molecular weight is 482 g/mol. The van der Waals surface area contributed by atoms with E-state index in [0.717, 1.165) is 31.3 Å². The van der Waals surface area contributed by atoms with Gasteiger partial charge in [-0.1, -0.05) is 12.1 Å². The van der Waals surface area contributed by atoms with Gasteiger partial charge in [-0.15, -0.1) is 24.0 Å². The fourth-order valence-corrected chi connectivity index (χ4v) is 3.60. The van der Waals surface area contributed by atoms with Gasteiger partial charge in [0, 0.05) is 57.7 Å². The first-order valence-electron chi connectivity index (χ1n) is 9.26. The van der Waals surface area contributed by atoms with Gasteiger partial charge in [0.15, 0.2) is 5.96 Å². The Morgan fingerprint density at radius 1 is 1.19 bits per heavy atom. The molecule has 6 nitrogen and oxygen atoms in total. The third-order valence-electron chi connectivity index (χ3n) is 5.27. The molecule has 2 heterocycles. The summed E-state index contributed by atoms with van der Waals surface area (Å²) in [5.74, 6) is 0.808. The Labute approximate surface area is 179 Å². The van der Waals surface area contributed by atoms with E-state index >= 15 is 0 Å². The summed E-state index contributed by atoms with van der Waals surface area (Å²) in [4.78, 5) is 6.69. The number of hydrogen-bond acceptors (Lipinski definition) is 3. The van der Waals surface area contributed by atoms with Crippen LogP contribution in [0.4, 0.5) is 5.69 Å². The van der Waals surface area contributed by atoms with Crippen LogP contribution in [0.25, 0.3) is 0 Å². The number of fused-ring (bicyclic) bond motifs is 1. The van der Waals surface area contributed by atoms with Crippen molar-refractivity contribution in [1.29, 1.82) is 0 Å². The molecule has 2 N–H and O–H groups in total. The summed E-state index contributed by atoms with van der Waals surface area (Å²) in [7, 11) is 5.95. The molecule has 3 rings (SSSR count). The highest BCUT2D eigenvalue weighted by molar-refractivity contribution is 14.0. The van der Waals surface area contributed by atoms with Crippen LogP contribution in [0.5, 0.6) is 0 Å². The molecule has 0 fully saturated rings. The molecule has 1 aliphatic rings. The Bertz CT molecular complexity index is 811. The predicted molar refractivity (Wildman–Crippen MR) is 123 cm³/mol. The molecule has 0 saturated carbocycles. The molecule has 148 valence electrons. The Balaban J connectivity index is 0.00000261. The molecule has 0 unspecified atom stereocenters. The zero-order chi connectivity index (χ0) is 18.7. The molecule has 0 atom stereocenters. The van der Waals surface area contributed by atoms with E-state index in [9.17, 15) is 0 Å². The monoisotopic (exact) mass is 482 g/mol. The van der Waals surface area contributed by atoms with E-state index in [1.165, 1.54) is 40.9 Å². The van der Waals surface area contributed by atoms with Crippen molar-refractivity contribution in [3.63, 3.8) is 0 Å². The lowest BCUT2D eigenvalue weighted by Gasteiger charge is -2.28. The number of guanidine groups is 1. The van der Waals surface area contributed by atoms with Crippen LogP contribution < -0.4 is 15.5 Å². The lowest BCUT2D eigenvalue weighted by atomic mass is 9.99. The van der Waals surface area contributed by atoms with Gasteiger partial charge in [0.1, 0.15) is 0 Å². The van der Waals surface area contributed by atoms with Gasteiger partial charge in [0.25, 0.3) is 0 Å². The molecule has 0 aliphatic carbocycles. The number of hydrogen-bond donors (Lipinski definition) is 2. The third-order valence-corrected chi connectivity index (χ3v) is 5.27. The topological polar surface area (TPSA) is 57.5 Å². The molecule has 1 aromatic heterocycles. The first-order chi connectivity index (χ1) is 12.5. The number of anilines is 1. The molecule has 0 spiro atoms. The van der Waals surface area contributed by atoms with Gasteiger partial charge in [0.2, 0.25) is 0 Å². The van der Waals surface area contributed by atoms with Crippen LogP contribution in [-0.4, -0.2) is 36.4 Å². The molecule has 0 saturated heterocycles. The van der Waals surface area contributed by atoms with Crippen molar-refractivity contribution in [2.75, 3.05) is 25.5 Å². The van der Waals surface area contributed by atoms with Crippen molar-refractivity contribution >= 4 is 35.6 Å². The zero-order valence-corrected chi connectivity index (χ0v) is 19.3. The maximum Gasteiger partial charge on any atom is 0.191 e. The second-order valence-corrected chi connectivity index (χ2v) is 7.04. The highest BCUT2D eigenvalue weighted by atomic mass is 127. The van der Waals surface area contributed by atoms with Crippen molar-refractivity contribution < 1.29 is 0 Å². The van der Waals surface area contributed by atoms with Crippen molar-refractivity contribution in [1.82, 2.24) is 20.4 Å². The van der Waals surface area contributed by atoms with E-state index in [-0.39, 0.29) is 24.0 Å². The van der Waals surface area contributed by atoms with Gasteiger partial charge in [0.05, 0.1) is 5.69 Å². The van der Waals surface area contributed by atoms with Crippen LogP contribution in [0.2, 0.25) is 0 Å². The minimum atomic E-state index is 0. The van der Waals surface area contributed by atoms with E-state index in [1.807, 2.05) is 18.7 Å². The molecule has 1 aliphatic heterocycles. The van der Waals surface area contributed by atoms with E-state index in [4.69, 9.17) is 0 Å². The Morgan fingerprint density at radius 2 is 1.93 bits per heavy atom. The normalized spacial score (nSPS) is 13.8. The molecule has 7 heteroatoms. The maximum atomic E-state index is 4.47. The van der Waals surface area contributed by atoms with E-state index in [1.54, 1.807) is 7.05 Å². The van der Waals surface area contributed by atoms with Gasteiger partial charge >= 0.3 is 0 Å². The molecule has 27 heavy (non-hydrogen) atoms. The fourth-order valence-electron chi connectivity index (χ4n) is 3.60. The maximum absolute atomic E-state index is 4.47. The second-order valence-electron chi connectivity index (χ2n) is 7.04. The summed E-state index contributed by atoms with van der Waals surface area (Å²) in [6, 6.07) is 6.76. The number of benzene rings is 1. The minimum Gasteiger partial charge on any atom is -0.374 e. The molecular weight excluding hydrogens is 451 g/mol. The standard InChI is InChI=1S/C20H30N6.HI/c1-14-18(15(2)26(5)24-14)13-23-20(21-3)22-12-16-8-9-19-17(11-16)7-6-10-25(19)4;/h8-9,11H,6-7,10,12-13H2,1-5H3,(H2,21,22,23);1H. The first-order valence-corrected chi connectivity index (χ1v) is 9.26. The van der Waals surface area contributed by atoms with Gasteiger partial charge in [-0.2, -0.15) is 5.10 Å². The third kappa shape index (κ3) is 4.94. The summed E-state index contributed by atoms with van der Waals surface area (Å²) in [5, 5.41) is 11.3. The number of rotatable bonds is 4. The summed E-state index contributed by atoms with van der Waals surface area (Å²) in [6.45, 7) is 6.78. The number of aryl methyl sites for hydroxylation is 3. The van der Waals surface area contributed by atoms with Crippen molar-refractivity contribution in [2.24, 2.45) is 12.0 Å². The quantitative estimate of drug-likeness (QED) is 0.400. The fraction of sp³-hybridized carbons (Fsp3) is 0.500. The zero-order valence-electron chi connectivity index (χ0n) is 17.0. The van der Waals surface area contributed by atoms with Crippen LogP contribution in [0.15, 0.2) is 23.2 Å². The molecule has 0 radical (unpaired) electrons. The molecule has 1 aromatic carbocycles. The second kappa shape index (κ2) is 9.43. The number of aromatic nitrogens is 2. The van der Waals surface area contributed by atoms with Crippen LogP contribution in [0, 0.1) is 13.8 Å². The summed E-state index contributed by atoms with van der Waals surface area (Å²) in [5.41, 5.74) is 7.58. The minimum absolute atomic E-state index is 0. The van der Waals surface area contributed by atoms with E-state index < -0.39 is 0 Å². The summed E-state index contributed by atoms with van der Waals surface area (Å²) >= 11 is 0. The number of halogens is 1. The van der Waals surface area contributed by atoms with Gasteiger partial charge in [-0.3, -0.25) is 9.67 Å². The Kier molecular flexibility index (Phi) is 7.52. The average Bonchev–Trinajstić information content (AvgIpc) is 2.87. The number of nitrogens with zero attached hydrogens (tertiary/aromatic N) is 4. The van der Waals surface area contributed by atoms with Crippen molar-refractivity contribution in [2.45, 2.75) is 39.8 Å². The lowest BCUT2D eigenvalue weighted by molar-refractivity contribution is 0.728. The van der Waals surface area contributed by atoms with Gasteiger partial charge in [-0.05, 0) is 43.9 Å². The highest BCUT2D eigenvalue weighted by Crippen LogP contribution is 2.26. The Hall–Kier alpha value is -1.77. The largest absolute Gasteiger partial charge is 0.374 e. The number of nitrogens with one attached hydrogen (secondary N) is 2. The van der Waals surface area contributed by atoms with E-state index in [2.05, 4.69) is 57.8 Å². The van der Waals surface area contributed by atoms with Crippen LogP contribution in [-0.2, 0) is 26.6 Å². The molecule has 0 bridgehead atoms. The summed E-state index contributed by atoms with van der Waals surface area (Å²) < 4.78 is 1.92. The first kappa shape index (κ1) is 21.5. The Morgan fingerprint density at radius 3 is 2.59 bits per heavy atom. The van der Waals surface area contributed by atoms with Crippen molar-refractivity contribution in [3.8, 4) is 0 Å². The van der Waals surface area contributed by atoms with Crippen LogP contribution >= 0.6 is 24.0 Å². The van der Waals surface area contributed by atoms with Crippen molar-refractivity contribution in [3.05, 3.63) is 46.3 Å². The SMILES string of the molecule is CN=C(NCc1ccc2c(c1)CCCN2C)NCc1c(C)nn(C)c1C.I. The van der Waals surface area contributed by atoms with Gasteiger partial charge in [-0.25, -0.2) is 0 Å². The molecule has 2 aromatic rings. The van der Waals surface area contributed by atoms with Gasteiger partial charge < -0.3 is 15.5 Å². The molecule has 0 amide bonds. The van der Waals surface area contributed by atoms with Crippen LogP contribution in [0.3, 0.4) is 0 Å². The van der Waals surface area contributed by atoms with Crippen LogP contribution in [0.1, 0.15) is 34.5 Å². The smallest absolute Gasteiger partial charge is 0.191 e. The molecular formula is C20H31IN6.